The van der Waals surface area contributed by atoms with Crippen LogP contribution in [-0.4, -0.2) is 62.3 Å². The predicted octanol–water partition coefficient (Wildman–Crippen LogP) is 2.24. The van der Waals surface area contributed by atoms with E-state index >= 15 is 0 Å². The van der Waals surface area contributed by atoms with E-state index in [9.17, 15) is 4.79 Å². The molecule has 0 bridgehead atoms. The number of hydrogen-bond donors (Lipinski definition) is 1. The molecule has 0 spiro atoms. The fourth-order valence-electron chi connectivity index (χ4n) is 3.64. The van der Waals surface area contributed by atoms with Gasteiger partial charge < -0.3 is 15.0 Å². The zero-order chi connectivity index (χ0) is 21.1. The van der Waals surface area contributed by atoms with Crippen molar-refractivity contribution < 1.29 is 9.53 Å². The molecule has 2 aromatic heterocycles. The summed E-state index contributed by atoms with van der Waals surface area (Å²) in [6.07, 6.45) is 5.32. The standard InChI is InChI=1S/C22H28N6O2/c1-22(2,21(29)25-16-9-13-27(3)14-10-16)30-20-17-7-4-5-8-18(17)28(26-20)15-19-23-11-6-12-24-19/h4-8,11-12,16H,9-10,13-15H2,1-3H3,(H,25,29). The quantitative estimate of drug-likeness (QED) is 0.673. The number of benzene rings is 1. The highest BCUT2D eigenvalue weighted by Gasteiger charge is 2.34. The summed E-state index contributed by atoms with van der Waals surface area (Å²) >= 11 is 0. The summed E-state index contributed by atoms with van der Waals surface area (Å²) in [4.78, 5) is 23.8. The summed E-state index contributed by atoms with van der Waals surface area (Å²) in [7, 11) is 2.10. The van der Waals surface area contributed by atoms with Gasteiger partial charge in [-0.15, -0.1) is 5.10 Å². The van der Waals surface area contributed by atoms with Crippen LogP contribution in [0.25, 0.3) is 10.9 Å². The molecule has 1 aliphatic heterocycles. The second-order valence-electron chi connectivity index (χ2n) is 8.31. The number of fused-ring (bicyclic) bond motifs is 1. The number of para-hydroxylation sites is 1. The van der Waals surface area contributed by atoms with Crippen LogP contribution in [0.5, 0.6) is 5.88 Å². The first kappa shape index (κ1) is 20.3. The number of piperidine rings is 1. The van der Waals surface area contributed by atoms with E-state index in [4.69, 9.17) is 4.74 Å². The summed E-state index contributed by atoms with van der Waals surface area (Å²) in [5.74, 6) is 0.976. The minimum Gasteiger partial charge on any atom is -0.460 e. The van der Waals surface area contributed by atoms with Gasteiger partial charge in [0, 0.05) is 18.4 Å². The number of amides is 1. The van der Waals surface area contributed by atoms with Gasteiger partial charge in [0.1, 0.15) is 12.4 Å². The molecular weight excluding hydrogens is 380 g/mol. The van der Waals surface area contributed by atoms with Gasteiger partial charge in [0.25, 0.3) is 5.91 Å². The third-order valence-electron chi connectivity index (χ3n) is 5.49. The van der Waals surface area contributed by atoms with Crippen LogP contribution in [0.15, 0.2) is 42.7 Å². The second kappa shape index (κ2) is 8.39. The molecule has 1 aliphatic rings. The Balaban J connectivity index is 1.53. The maximum atomic E-state index is 12.9. The van der Waals surface area contributed by atoms with Crippen LogP contribution in [0, 0.1) is 0 Å². The smallest absolute Gasteiger partial charge is 0.263 e. The van der Waals surface area contributed by atoms with E-state index in [2.05, 4.69) is 32.3 Å². The maximum absolute atomic E-state index is 12.9. The number of nitrogens with zero attached hydrogens (tertiary/aromatic N) is 5. The van der Waals surface area contributed by atoms with Crippen LogP contribution in [-0.2, 0) is 11.3 Å². The molecule has 1 saturated heterocycles. The van der Waals surface area contributed by atoms with Gasteiger partial charge >= 0.3 is 0 Å². The van der Waals surface area contributed by atoms with Crippen LogP contribution < -0.4 is 10.1 Å². The predicted molar refractivity (Wildman–Crippen MR) is 114 cm³/mol. The highest BCUT2D eigenvalue weighted by atomic mass is 16.5. The summed E-state index contributed by atoms with van der Waals surface area (Å²) in [6.45, 7) is 5.97. The van der Waals surface area contributed by atoms with Crippen molar-refractivity contribution >= 4 is 16.8 Å². The van der Waals surface area contributed by atoms with E-state index in [-0.39, 0.29) is 11.9 Å². The summed E-state index contributed by atoms with van der Waals surface area (Å²) < 4.78 is 7.97. The van der Waals surface area contributed by atoms with Gasteiger partial charge in [0.15, 0.2) is 5.60 Å². The van der Waals surface area contributed by atoms with E-state index in [1.807, 2.05) is 28.9 Å². The van der Waals surface area contributed by atoms with Gasteiger partial charge in [-0.3, -0.25) is 9.48 Å². The van der Waals surface area contributed by atoms with Crippen molar-refractivity contribution in [2.75, 3.05) is 20.1 Å². The zero-order valence-corrected chi connectivity index (χ0v) is 17.7. The Morgan fingerprint density at radius 1 is 1.17 bits per heavy atom. The SMILES string of the molecule is CN1CCC(NC(=O)C(C)(C)Oc2nn(Cc3ncccn3)c3ccccc23)CC1. The lowest BCUT2D eigenvalue weighted by Crippen LogP contribution is -2.52. The fourth-order valence-corrected chi connectivity index (χ4v) is 3.64. The molecule has 158 valence electrons. The van der Waals surface area contributed by atoms with Gasteiger partial charge in [-0.05, 0) is 65.0 Å². The molecule has 3 heterocycles. The molecule has 3 aromatic rings. The average molecular weight is 409 g/mol. The number of ether oxygens (including phenoxy) is 1. The Labute approximate surface area is 176 Å². The highest BCUT2D eigenvalue weighted by Crippen LogP contribution is 2.28. The molecule has 0 unspecified atom stereocenters. The van der Waals surface area contributed by atoms with Crippen LogP contribution in [0.4, 0.5) is 0 Å². The Kier molecular flexibility index (Phi) is 5.67. The molecule has 1 N–H and O–H groups in total. The Hall–Kier alpha value is -3.00. The lowest BCUT2D eigenvalue weighted by atomic mass is 10.0. The number of aromatic nitrogens is 4. The first-order chi connectivity index (χ1) is 14.4. The molecule has 1 amide bonds. The molecule has 0 atom stereocenters. The minimum atomic E-state index is -1.05. The number of hydrogen-bond acceptors (Lipinski definition) is 6. The normalized spacial score (nSPS) is 16.0. The number of carbonyl (C=O) groups is 1. The number of likely N-dealkylation sites (tertiary alicyclic amines) is 1. The molecule has 0 radical (unpaired) electrons. The zero-order valence-electron chi connectivity index (χ0n) is 17.7. The Morgan fingerprint density at radius 2 is 1.87 bits per heavy atom. The Morgan fingerprint density at radius 3 is 2.60 bits per heavy atom. The van der Waals surface area contributed by atoms with Crippen molar-refractivity contribution in [1.82, 2.24) is 30.0 Å². The van der Waals surface area contributed by atoms with Crippen molar-refractivity contribution in [1.29, 1.82) is 0 Å². The third kappa shape index (κ3) is 4.43. The highest BCUT2D eigenvalue weighted by molar-refractivity contribution is 5.87. The molecular formula is C22H28N6O2. The third-order valence-corrected chi connectivity index (χ3v) is 5.49. The van der Waals surface area contributed by atoms with Gasteiger partial charge in [-0.1, -0.05) is 12.1 Å². The van der Waals surface area contributed by atoms with Gasteiger partial charge in [0.05, 0.1) is 10.9 Å². The minimum absolute atomic E-state index is 0.123. The van der Waals surface area contributed by atoms with E-state index in [1.54, 1.807) is 32.3 Å². The number of rotatable bonds is 6. The molecule has 1 aromatic carbocycles. The summed E-state index contributed by atoms with van der Waals surface area (Å²) in [6, 6.07) is 9.78. The molecule has 0 saturated carbocycles. The monoisotopic (exact) mass is 408 g/mol. The molecule has 30 heavy (non-hydrogen) atoms. The van der Waals surface area contributed by atoms with Crippen LogP contribution in [0.3, 0.4) is 0 Å². The largest absolute Gasteiger partial charge is 0.460 e. The van der Waals surface area contributed by atoms with E-state index < -0.39 is 5.60 Å². The lowest BCUT2D eigenvalue weighted by Gasteiger charge is -2.32. The van der Waals surface area contributed by atoms with E-state index in [0.29, 0.717) is 18.2 Å². The molecule has 8 heteroatoms. The Bertz CT molecular complexity index is 1010. The topological polar surface area (TPSA) is 85.2 Å². The van der Waals surface area contributed by atoms with E-state index in [0.717, 1.165) is 36.8 Å². The van der Waals surface area contributed by atoms with Gasteiger partial charge in [-0.25, -0.2) is 9.97 Å². The van der Waals surface area contributed by atoms with Crippen molar-refractivity contribution in [2.45, 2.75) is 44.9 Å². The van der Waals surface area contributed by atoms with Crippen LogP contribution in [0.1, 0.15) is 32.5 Å². The first-order valence-corrected chi connectivity index (χ1v) is 10.3. The molecule has 0 aliphatic carbocycles. The summed E-state index contributed by atoms with van der Waals surface area (Å²) in [5, 5.41) is 8.64. The van der Waals surface area contributed by atoms with Crippen molar-refractivity contribution in [2.24, 2.45) is 0 Å². The molecule has 8 nitrogen and oxygen atoms in total. The van der Waals surface area contributed by atoms with Gasteiger partial charge in [0.2, 0.25) is 5.88 Å². The number of nitrogens with one attached hydrogen (secondary N) is 1. The first-order valence-electron chi connectivity index (χ1n) is 10.3. The molecule has 4 rings (SSSR count). The van der Waals surface area contributed by atoms with Crippen molar-refractivity contribution in [3.63, 3.8) is 0 Å². The van der Waals surface area contributed by atoms with Crippen LogP contribution >= 0.6 is 0 Å². The van der Waals surface area contributed by atoms with Gasteiger partial charge in [-0.2, -0.15) is 0 Å². The van der Waals surface area contributed by atoms with Crippen LogP contribution in [0.2, 0.25) is 0 Å². The van der Waals surface area contributed by atoms with Crippen molar-refractivity contribution in [3.05, 3.63) is 48.5 Å². The fraction of sp³-hybridized carbons (Fsp3) is 0.455. The van der Waals surface area contributed by atoms with E-state index in [1.165, 1.54) is 0 Å². The average Bonchev–Trinajstić information content (AvgIpc) is 3.07. The second-order valence-corrected chi connectivity index (χ2v) is 8.31. The number of carbonyl (C=O) groups excluding carboxylic acids is 1. The summed E-state index contributed by atoms with van der Waals surface area (Å²) in [5.41, 5.74) is -0.138. The maximum Gasteiger partial charge on any atom is 0.263 e. The van der Waals surface area contributed by atoms with Crippen molar-refractivity contribution in [3.8, 4) is 5.88 Å². The molecule has 1 fully saturated rings. The lowest BCUT2D eigenvalue weighted by molar-refractivity contribution is -0.135.